The van der Waals surface area contributed by atoms with Crippen molar-refractivity contribution in [3.63, 3.8) is 0 Å². The maximum atomic E-state index is 12.7. The Hall–Kier alpha value is -2.70. The number of hydrogen-bond donors (Lipinski definition) is 1. The monoisotopic (exact) mass is 347 g/mol. The van der Waals surface area contributed by atoms with Gasteiger partial charge in [-0.25, -0.2) is 0 Å². The third-order valence-corrected chi connectivity index (χ3v) is 3.88. The number of nitrogens with one attached hydrogen (secondary N) is 1. The predicted molar refractivity (Wildman–Crippen MR) is 95.4 cm³/mol. The number of anilines is 1. The van der Waals surface area contributed by atoms with Crippen LogP contribution in [-0.2, 0) is 9.59 Å². The summed E-state index contributed by atoms with van der Waals surface area (Å²) in [4.78, 5) is 50.4. The first-order valence-electron chi connectivity index (χ1n) is 8.38. The number of fused-ring (bicyclic) bond motifs is 1. The molecule has 25 heavy (non-hydrogen) atoms. The van der Waals surface area contributed by atoms with E-state index in [1.54, 1.807) is 25.2 Å². The lowest BCUT2D eigenvalue weighted by molar-refractivity contribution is -0.140. The van der Waals surface area contributed by atoms with E-state index in [4.69, 9.17) is 0 Å². The van der Waals surface area contributed by atoms with Gasteiger partial charge < -0.3 is 5.32 Å². The maximum Gasteiger partial charge on any atom is 0.264 e. The second kappa shape index (κ2) is 8.96. The van der Waals surface area contributed by atoms with E-state index < -0.39 is 23.8 Å². The zero-order chi connectivity index (χ0) is 19.1. The number of rotatable bonds is 6. The molecule has 0 fully saturated rings. The molecule has 0 saturated carbocycles. The quantitative estimate of drug-likeness (QED) is 0.629. The van der Waals surface area contributed by atoms with E-state index in [1.165, 1.54) is 7.05 Å². The molecule has 1 aromatic carbocycles. The fourth-order valence-corrected chi connectivity index (χ4v) is 2.72. The zero-order valence-electron chi connectivity index (χ0n) is 15.3. The van der Waals surface area contributed by atoms with Crippen LogP contribution >= 0.6 is 0 Å². The van der Waals surface area contributed by atoms with Crippen LogP contribution in [0.3, 0.4) is 0 Å². The van der Waals surface area contributed by atoms with Gasteiger partial charge in [0.05, 0.1) is 11.1 Å². The zero-order valence-corrected chi connectivity index (χ0v) is 15.3. The van der Waals surface area contributed by atoms with Crippen LogP contribution in [0.5, 0.6) is 0 Å². The van der Waals surface area contributed by atoms with Crippen molar-refractivity contribution in [1.29, 1.82) is 0 Å². The smallest absolute Gasteiger partial charge is 0.264 e. The lowest BCUT2D eigenvalue weighted by Crippen LogP contribution is -2.49. The van der Waals surface area contributed by atoms with Crippen molar-refractivity contribution in [1.82, 2.24) is 9.80 Å². The Labute approximate surface area is 148 Å². The van der Waals surface area contributed by atoms with E-state index in [2.05, 4.69) is 5.32 Å². The third kappa shape index (κ3) is 3.70. The topological polar surface area (TPSA) is 86.8 Å². The molecule has 1 unspecified atom stereocenters. The molecule has 4 amide bonds. The standard InChI is InChI=1S/C16H19N3O4.C2H6/c1-4-6-12(15(22)18(3)9-20)19-14(21)10-7-5-8-11(17-2)13(10)16(19)23;1-2/h5,7-9,12,17H,4,6H2,1-3H3;1-2H3. The molecule has 1 aromatic rings. The van der Waals surface area contributed by atoms with Gasteiger partial charge in [0.25, 0.3) is 17.7 Å². The van der Waals surface area contributed by atoms with Crippen molar-refractivity contribution < 1.29 is 19.2 Å². The summed E-state index contributed by atoms with van der Waals surface area (Å²) in [5, 5.41) is 2.88. The molecule has 0 spiro atoms. The van der Waals surface area contributed by atoms with Crippen molar-refractivity contribution >= 4 is 29.8 Å². The largest absolute Gasteiger partial charge is 0.387 e. The van der Waals surface area contributed by atoms with Crippen molar-refractivity contribution in [2.45, 2.75) is 39.7 Å². The number of likely N-dealkylation sites (N-methyl/N-ethyl adjacent to an activating group) is 1. The fraction of sp³-hybridized carbons (Fsp3) is 0.444. The summed E-state index contributed by atoms with van der Waals surface area (Å²) >= 11 is 0. The second-order valence-corrected chi connectivity index (χ2v) is 5.32. The van der Waals surface area contributed by atoms with E-state index in [-0.39, 0.29) is 11.1 Å². The number of imide groups is 2. The summed E-state index contributed by atoms with van der Waals surface area (Å²) in [6, 6.07) is 3.95. The van der Waals surface area contributed by atoms with Crippen molar-refractivity contribution in [3.05, 3.63) is 29.3 Å². The van der Waals surface area contributed by atoms with Crippen LogP contribution in [0.15, 0.2) is 18.2 Å². The highest BCUT2D eigenvalue weighted by atomic mass is 16.2. The summed E-state index contributed by atoms with van der Waals surface area (Å²) < 4.78 is 0. The average molecular weight is 347 g/mol. The Kier molecular flexibility index (Phi) is 7.29. The molecule has 7 nitrogen and oxygen atoms in total. The first kappa shape index (κ1) is 20.3. The van der Waals surface area contributed by atoms with E-state index in [9.17, 15) is 19.2 Å². The van der Waals surface area contributed by atoms with Crippen LogP contribution in [0.1, 0.15) is 54.3 Å². The number of nitrogens with zero attached hydrogens (tertiary/aromatic N) is 2. The maximum absolute atomic E-state index is 12.7. The highest BCUT2D eigenvalue weighted by Crippen LogP contribution is 2.31. The van der Waals surface area contributed by atoms with Crippen LogP contribution in [0.25, 0.3) is 0 Å². The first-order chi connectivity index (χ1) is 12.0. The minimum Gasteiger partial charge on any atom is -0.387 e. The van der Waals surface area contributed by atoms with E-state index >= 15 is 0 Å². The normalized spacial score (nSPS) is 13.6. The molecule has 0 bridgehead atoms. The van der Waals surface area contributed by atoms with Gasteiger partial charge in [-0.1, -0.05) is 33.3 Å². The molecular weight excluding hydrogens is 322 g/mol. The van der Waals surface area contributed by atoms with Gasteiger partial charge in [-0.2, -0.15) is 0 Å². The molecule has 1 aliphatic heterocycles. The van der Waals surface area contributed by atoms with Crippen LogP contribution < -0.4 is 5.32 Å². The first-order valence-corrected chi connectivity index (χ1v) is 8.38. The van der Waals surface area contributed by atoms with E-state index in [1.807, 2.05) is 20.8 Å². The van der Waals surface area contributed by atoms with Gasteiger partial charge in [0.15, 0.2) is 0 Å². The number of amides is 4. The molecule has 0 aromatic heterocycles. The summed E-state index contributed by atoms with van der Waals surface area (Å²) in [6.45, 7) is 5.85. The number of carbonyl (C=O) groups is 4. The molecule has 0 aliphatic carbocycles. The molecule has 2 rings (SSSR count). The van der Waals surface area contributed by atoms with Crippen molar-refractivity contribution in [2.75, 3.05) is 19.4 Å². The number of benzene rings is 1. The molecule has 136 valence electrons. The van der Waals surface area contributed by atoms with Crippen LogP contribution in [0.2, 0.25) is 0 Å². The van der Waals surface area contributed by atoms with E-state index in [0.29, 0.717) is 24.9 Å². The van der Waals surface area contributed by atoms with Crippen LogP contribution in [0.4, 0.5) is 5.69 Å². The van der Waals surface area contributed by atoms with E-state index in [0.717, 1.165) is 9.80 Å². The molecule has 0 radical (unpaired) electrons. The van der Waals surface area contributed by atoms with Gasteiger partial charge in [0, 0.05) is 19.8 Å². The van der Waals surface area contributed by atoms with Crippen molar-refractivity contribution in [3.8, 4) is 0 Å². The van der Waals surface area contributed by atoms with Gasteiger partial charge >= 0.3 is 0 Å². The fourth-order valence-electron chi connectivity index (χ4n) is 2.72. The number of hydrogen-bond acceptors (Lipinski definition) is 5. The summed E-state index contributed by atoms with van der Waals surface area (Å²) in [7, 11) is 2.97. The second-order valence-electron chi connectivity index (χ2n) is 5.32. The Morgan fingerprint density at radius 2 is 1.92 bits per heavy atom. The third-order valence-electron chi connectivity index (χ3n) is 3.88. The SMILES string of the molecule is CC.CCCC(C(=O)N(C)C=O)N1C(=O)c2cccc(NC)c2C1=O. The van der Waals surface area contributed by atoms with Gasteiger partial charge in [0.1, 0.15) is 6.04 Å². The van der Waals surface area contributed by atoms with Gasteiger partial charge in [-0.3, -0.25) is 29.0 Å². The molecule has 1 N–H and O–H groups in total. The van der Waals surface area contributed by atoms with Crippen molar-refractivity contribution in [2.24, 2.45) is 0 Å². The molecule has 1 aliphatic rings. The summed E-state index contributed by atoms with van der Waals surface area (Å²) in [5.74, 6) is -1.59. The Balaban J connectivity index is 0.00000151. The molecular formula is C18H25N3O4. The average Bonchev–Trinajstić information content (AvgIpc) is 2.91. The van der Waals surface area contributed by atoms with Gasteiger partial charge in [-0.05, 0) is 18.6 Å². The van der Waals surface area contributed by atoms with Gasteiger partial charge in [0.2, 0.25) is 6.41 Å². The molecule has 1 heterocycles. The Morgan fingerprint density at radius 3 is 2.44 bits per heavy atom. The van der Waals surface area contributed by atoms with Crippen LogP contribution in [0, 0.1) is 0 Å². The molecule has 7 heteroatoms. The predicted octanol–water partition coefficient (Wildman–Crippen LogP) is 2.13. The Morgan fingerprint density at radius 1 is 1.28 bits per heavy atom. The number of carbonyl (C=O) groups excluding carboxylic acids is 4. The molecule has 0 saturated heterocycles. The highest BCUT2D eigenvalue weighted by molar-refractivity contribution is 6.25. The molecule has 1 atom stereocenters. The highest BCUT2D eigenvalue weighted by Gasteiger charge is 2.44. The summed E-state index contributed by atoms with van der Waals surface area (Å²) in [5.41, 5.74) is 1.07. The van der Waals surface area contributed by atoms with Gasteiger partial charge in [-0.15, -0.1) is 0 Å². The minimum atomic E-state index is -0.979. The lowest BCUT2D eigenvalue weighted by Gasteiger charge is -2.26. The Bertz CT molecular complexity index is 672. The lowest BCUT2D eigenvalue weighted by atomic mass is 10.1. The minimum absolute atomic E-state index is 0.266. The van der Waals surface area contributed by atoms with Crippen LogP contribution in [-0.4, -0.2) is 54.1 Å². The summed E-state index contributed by atoms with van der Waals surface area (Å²) in [6.07, 6.45) is 1.27.